The smallest absolute Gasteiger partial charge is 0.231 e. The molecule has 8 nitrogen and oxygen atoms in total. The number of benzene rings is 1. The number of nitrogens with zero attached hydrogens (tertiary/aromatic N) is 4. The van der Waals surface area contributed by atoms with E-state index in [0.29, 0.717) is 36.3 Å². The molecular formula is C18H19N5O3. The Hall–Kier alpha value is -3.16. The average molecular weight is 353 g/mol. The SMILES string of the molecule is COc1ccccc1-c1nnc2ccc(OCCNC(=O)C3CC3)nn12. The van der Waals surface area contributed by atoms with Crippen LogP contribution < -0.4 is 14.8 Å². The molecule has 1 N–H and O–H groups in total. The van der Waals surface area contributed by atoms with Crippen LogP contribution in [0, 0.1) is 5.92 Å². The van der Waals surface area contributed by atoms with Crippen LogP contribution in [0.25, 0.3) is 17.0 Å². The number of hydrogen-bond donors (Lipinski definition) is 1. The van der Waals surface area contributed by atoms with Crippen LogP contribution in [0.4, 0.5) is 0 Å². The van der Waals surface area contributed by atoms with Crippen molar-refractivity contribution in [3.8, 4) is 23.0 Å². The number of ether oxygens (including phenoxy) is 2. The van der Waals surface area contributed by atoms with E-state index in [1.54, 1.807) is 23.8 Å². The Kier molecular flexibility index (Phi) is 4.39. The Balaban J connectivity index is 1.50. The number of fused-ring (bicyclic) bond motifs is 1. The standard InChI is InChI=1S/C18H19N5O3/c1-25-14-5-3-2-4-13(14)17-21-20-15-8-9-16(22-23(15)17)26-11-10-19-18(24)12-6-7-12/h2-5,8-9,12H,6-7,10-11H2,1H3,(H,19,24). The maximum absolute atomic E-state index is 11.6. The molecule has 0 spiro atoms. The normalized spacial score (nSPS) is 13.6. The quantitative estimate of drug-likeness (QED) is 0.650. The van der Waals surface area contributed by atoms with Crippen LogP contribution in [-0.2, 0) is 4.79 Å². The Morgan fingerprint density at radius 1 is 1.23 bits per heavy atom. The average Bonchev–Trinajstić information content (AvgIpc) is 3.45. The number of amides is 1. The van der Waals surface area contributed by atoms with Crippen molar-refractivity contribution < 1.29 is 14.3 Å². The van der Waals surface area contributed by atoms with Gasteiger partial charge in [0.2, 0.25) is 11.8 Å². The lowest BCUT2D eigenvalue weighted by atomic mass is 10.2. The summed E-state index contributed by atoms with van der Waals surface area (Å²) in [6, 6.07) is 11.1. The minimum absolute atomic E-state index is 0.106. The first-order chi connectivity index (χ1) is 12.8. The van der Waals surface area contributed by atoms with E-state index in [1.807, 2.05) is 24.3 Å². The molecule has 0 saturated heterocycles. The number of hydrogen-bond acceptors (Lipinski definition) is 6. The van der Waals surface area contributed by atoms with Crippen LogP contribution in [0.15, 0.2) is 36.4 Å². The molecule has 1 aromatic carbocycles. The molecule has 0 unspecified atom stereocenters. The zero-order valence-corrected chi connectivity index (χ0v) is 14.4. The van der Waals surface area contributed by atoms with Crippen LogP contribution in [0.1, 0.15) is 12.8 Å². The molecule has 26 heavy (non-hydrogen) atoms. The van der Waals surface area contributed by atoms with Gasteiger partial charge in [-0.2, -0.15) is 4.52 Å². The molecule has 1 aliphatic carbocycles. The lowest BCUT2D eigenvalue weighted by Crippen LogP contribution is -2.29. The third-order valence-corrected chi connectivity index (χ3v) is 4.19. The number of rotatable bonds is 7. The van der Waals surface area contributed by atoms with E-state index in [2.05, 4.69) is 20.6 Å². The molecule has 4 rings (SSSR count). The number of para-hydroxylation sites is 1. The Morgan fingerprint density at radius 3 is 2.88 bits per heavy atom. The molecule has 0 radical (unpaired) electrons. The van der Waals surface area contributed by atoms with E-state index >= 15 is 0 Å². The van der Waals surface area contributed by atoms with E-state index < -0.39 is 0 Å². The molecule has 1 saturated carbocycles. The predicted molar refractivity (Wildman–Crippen MR) is 94.0 cm³/mol. The summed E-state index contributed by atoms with van der Waals surface area (Å²) >= 11 is 0. The number of aromatic nitrogens is 4. The van der Waals surface area contributed by atoms with Crippen molar-refractivity contribution in [2.45, 2.75) is 12.8 Å². The van der Waals surface area contributed by atoms with Gasteiger partial charge in [0.25, 0.3) is 0 Å². The van der Waals surface area contributed by atoms with Crippen LogP contribution >= 0.6 is 0 Å². The van der Waals surface area contributed by atoms with Crippen LogP contribution in [0.2, 0.25) is 0 Å². The number of methoxy groups -OCH3 is 1. The largest absolute Gasteiger partial charge is 0.496 e. The van der Waals surface area contributed by atoms with Gasteiger partial charge in [-0.25, -0.2) is 0 Å². The summed E-state index contributed by atoms with van der Waals surface area (Å²) in [6.45, 7) is 0.805. The first-order valence-electron chi connectivity index (χ1n) is 8.52. The van der Waals surface area contributed by atoms with E-state index in [9.17, 15) is 4.79 Å². The van der Waals surface area contributed by atoms with Crippen LogP contribution in [-0.4, -0.2) is 46.0 Å². The van der Waals surface area contributed by atoms with Gasteiger partial charge in [0, 0.05) is 12.0 Å². The molecule has 1 fully saturated rings. The van der Waals surface area contributed by atoms with Crippen molar-refractivity contribution in [1.29, 1.82) is 0 Å². The molecule has 8 heteroatoms. The fourth-order valence-corrected chi connectivity index (χ4v) is 2.67. The van der Waals surface area contributed by atoms with Crippen LogP contribution in [0.3, 0.4) is 0 Å². The topological polar surface area (TPSA) is 90.6 Å². The minimum Gasteiger partial charge on any atom is -0.496 e. The van der Waals surface area contributed by atoms with E-state index in [-0.39, 0.29) is 11.8 Å². The lowest BCUT2D eigenvalue weighted by molar-refractivity contribution is -0.122. The highest BCUT2D eigenvalue weighted by molar-refractivity contribution is 5.80. The number of carbonyl (C=O) groups excluding carboxylic acids is 1. The fourth-order valence-electron chi connectivity index (χ4n) is 2.67. The third kappa shape index (κ3) is 3.30. The zero-order valence-electron chi connectivity index (χ0n) is 14.4. The summed E-state index contributed by atoms with van der Waals surface area (Å²) in [6.07, 6.45) is 1.98. The molecule has 0 aliphatic heterocycles. The molecule has 2 aromatic heterocycles. The van der Waals surface area contributed by atoms with Crippen molar-refractivity contribution in [2.24, 2.45) is 5.92 Å². The second-order valence-corrected chi connectivity index (χ2v) is 6.08. The fraction of sp³-hybridized carbons (Fsp3) is 0.333. The second-order valence-electron chi connectivity index (χ2n) is 6.08. The first kappa shape index (κ1) is 16.3. The van der Waals surface area contributed by atoms with Gasteiger partial charge in [0.15, 0.2) is 11.5 Å². The van der Waals surface area contributed by atoms with E-state index in [4.69, 9.17) is 9.47 Å². The van der Waals surface area contributed by atoms with Gasteiger partial charge in [0.05, 0.1) is 19.2 Å². The highest BCUT2D eigenvalue weighted by Gasteiger charge is 2.29. The molecular weight excluding hydrogens is 334 g/mol. The molecule has 3 aromatic rings. The van der Waals surface area contributed by atoms with Gasteiger partial charge < -0.3 is 14.8 Å². The van der Waals surface area contributed by atoms with E-state index in [0.717, 1.165) is 18.4 Å². The van der Waals surface area contributed by atoms with Gasteiger partial charge in [-0.1, -0.05) is 12.1 Å². The van der Waals surface area contributed by atoms with Crippen molar-refractivity contribution in [3.63, 3.8) is 0 Å². The number of carbonyl (C=O) groups is 1. The monoisotopic (exact) mass is 353 g/mol. The first-order valence-corrected chi connectivity index (χ1v) is 8.52. The zero-order chi connectivity index (χ0) is 17.9. The van der Waals surface area contributed by atoms with Gasteiger partial charge in [-0.15, -0.1) is 15.3 Å². The maximum atomic E-state index is 11.6. The minimum atomic E-state index is 0.106. The highest BCUT2D eigenvalue weighted by Crippen LogP contribution is 2.29. The van der Waals surface area contributed by atoms with E-state index in [1.165, 1.54) is 0 Å². The van der Waals surface area contributed by atoms with Gasteiger partial charge in [-0.3, -0.25) is 4.79 Å². The van der Waals surface area contributed by atoms with Crippen molar-refractivity contribution >= 4 is 11.6 Å². The maximum Gasteiger partial charge on any atom is 0.231 e. The highest BCUT2D eigenvalue weighted by atomic mass is 16.5. The van der Waals surface area contributed by atoms with Crippen molar-refractivity contribution in [1.82, 2.24) is 25.1 Å². The molecule has 1 amide bonds. The van der Waals surface area contributed by atoms with Crippen molar-refractivity contribution in [3.05, 3.63) is 36.4 Å². The van der Waals surface area contributed by atoms with Crippen LogP contribution in [0.5, 0.6) is 11.6 Å². The summed E-state index contributed by atoms with van der Waals surface area (Å²) in [5, 5.41) is 15.7. The lowest BCUT2D eigenvalue weighted by Gasteiger charge is -2.08. The van der Waals surface area contributed by atoms with Gasteiger partial charge >= 0.3 is 0 Å². The molecule has 134 valence electrons. The third-order valence-electron chi connectivity index (χ3n) is 4.19. The van der Waals surface area contributed by atoms with Crippen molar-refractivity contribution in [2.75, 3.05) is 20.3 Å². The van der Waals surface area contributed by atoms with Gasteiger partial charge in [0.1, 0.15) is 12.4 Å². The molecule has 0 bridgehead atoms. The van der Waals surface area contributed by atoms with Gasteiger partial charge in [-0.05, 0) is 31.0 Å². The predicted octanol–water partition coefficient (Wildman–Crippen LogP) is 1.70. The summed E-state index contributed by atoms with van der Waals surface area (Å²) < 4.78 is 12.7. The Bertz CT molecular complexity index is 935. The Labute approximate surface area is 150 Å². The molecule has 2 heterocycles. The number of nitrogens with one attached hydrogen (secondary N) is 1. The summed E-state index contributed by atoms with van der Waals surface area (Å²) in [4.78, 5) is 11.6. The summed E-state index contributed by atoms with van der Waals surface area (Å²) in [7, 11) is 1.61. The second kappa shape index (κ2) is 6.99. The summed E-state index contributed by atoms with van der Waals surface area (Å²) in [5.41, 5.74) is 1.41. The molecule has 0 atom stereocenters. The molecule has 1 aliphatic rings. The summed E-state index contributed by atoms with van der Waals surface area (Å²) in [5.74, 6) is 2.01. The Morgan fingerprint density at radius 2 is 2.08 bits per heavy atom.